The van der Waals surface area contributed by atoms with E-state index in [4.69, 9.17) is 5.73 Å². The Kier molecular flexibility index (Phi) is 6.25. The maximum Gasteiger partial charge on any atom is 0.220 e. The van der Waals surface area contributed by atoms with Crippen LogP contribution in [0.2, 0.25) is 0 Å². The van der Waals surface area contributed by atoms with Gasteiger partial charge in [-0.3, -0.25) is 4.79 Å². The molecule has 3 nitrogen and oxygen atoms in total. The van der Waals surface area contributed by atoms with Crippen molar-refractivity contribution < 1.29 is 4.79 Å². The predicted molar refractivity (Wildman–Crippen MR) is 64.5 cm³/mol. The minimum Gasteiger partial charge on any atom is -0.350 e. The van der Waals surface area contributed by atoms with Gasteiger partial charge in [0.1, 0.15) is 0 Å². The lowest BCUT2D eigenvalue weighted by Gasteiger charge is -2.31. The molecule has 0 radical (unpaired) electrons. The molecule has 0 aromatic heterocycles. The van der Waals surface area contributed by atoms with Crippen molar-refractivity contribution in [1.82, 2.24) is 5.32 Å². The largest absolute Gasteiger partial charge is 0.350 e. The summed E-state index contributed by atoms with van der Waals surface area (Å²) in [5, 5.41) is 3.00. The molecule has 0 aromatic rings. The van der Waals surface area contributed by atoms with Gasteiger partial charge in [-0.05, 0) is 25.7 Å². The van der Waals surface area contributed by atoms with Gasteiger partial charge in [0, 0.05) is 18.5 Å². The normalized spacial score (nSPS) is 14.7. The van der Waals surface area contributed by atoms with Crippen molar-refractivity contribution in [2.24, 2.45) is 11.7 Å². The highest BCUT2D eigenvalue weighted by molar-refractivity contribution is 5.76. The molecular formula is C12H24N2O. The van der Waals surface area contributed by atoms with Crippen molar-refractivity contribution in [3.05, 3.63) is 12.7 Å². The summed E-state index contributed by atoms with van der Waals surface area (Å²) in [6, 6.07) is 0. The van der Waals surface area contributed by atoms with Crippen molar-refractivity contribution >= 4 is 5.91 Å². The maximum absolute atomic E-state index is 11.5. The maximum atomic E-state index is 11.5. The number of carbonyl (C=O) groups is 1. The highest BCUT2D eigenvalue weighted by atomic mass is 16.1. The Morgan fingerprint density at radius 1 is 1.60 bits per heavy atom. The smallest absolute Gasteiger partial charge is 0.220 e. The lowest BCUT2D eigenvalue weighted by molar-refractivity contribution is -0.122. The third-order valence-electron chi connectivity index (χ3n) is 2.33. The average molecular weight is 212 g/mol. The molecule has 0 aliphatic carbocycles. The number of hydrogen-bond donors (Lipinski definition) is 2. The van der Waals surface area contributed by atoms with Crippen LogP contribution in [0.25, 0.3) is 0 Å². The molecule has 1 amide bonds. The molecule has 3 N–H and O–H groups in total. The first-order chi connectivity index (χ1) is 6.93. The standard InChI is InChI=1S/C12H24N2O/c1-5-6-7-11(15)14-12(4,9-13)8-10(2)3/h5,10H,1,6-9,13H2,2-4H3,(H,14,15). The lowest BCUT2D eigenvalue weighted by atomic mass is 9.90. The minimum absolute atomic E-state index is 0.0588. The van der Waals surface area contributed by atoms with E-state index in [1.165, 1.54) is 0 Å². The second-order valence-corrected chi connectivity index (χ2v) is 4.74. The zero-order valence-electron chi connectivity index (χ0n) is 10.2. The zero-order valence-corrected chi connectivity index (χ0v) is 10.2. The van der Waals surface area contributed by atoms with Crippen molar-refractivity contribution in [1.29, 1.82) is 0 Å². The first-order valence-corrected chi connectivity index (χ1v) is 5.55. The van der Waals surface area contributed by atoms with Gasteiger partial charge in [-0.25, -0.2) is 0 Å². The van der Waals surface area contributed by atoms with E-state index in [1.54, 1.807) is 6.08 Å². The number of amides is 1. The fraction of sp³-hybridized carbons (Fsp3) is 0.750. The molecule has 1 atom stereocenters. The van der Waals surface area contributed by atoms with Gasteiger partial charge < -0.3 is 11.1 Å². The Labute approximate surface area is 93.1 Å². The summed E-state index contributed by atoms with van der Waals surface area (Å²) in [5.41, 5.74) is 5.43. The molecule has 0 spiro atoms. The van der Waals surface area contributed by atoms with Crippen LogP contribution in [-0.4, -0.2) is 18.0 Å². The number of allylic oxidation sites excluding steroid dienone is 1. The van der Waals surface area contributed by atoms with Crippen LogP contribution in [0, 0.1) is 5.92 Å². The Balaban J connectivity index is 4.17. The third kappa shape index (κ3) is 6.28. The summed E-state index contributed by atoms with van der Waals surface area (Å²) >= 11 is 0. The Morgan fingerprint density at radius 2 is 2.20 bits per heavy atom. The molecule has 15 heavy (non-hydrogen) atoms. The first kappa shape index (κ1) is 14.2. The lowest BCUT2D eigenvalue weighted by Crippen LogP contribution is -2.52. The Hall–Kier alpha value is -0.830. The topological polar surface area (TPSA) is 55.1 Å². The summed E-state index contributed by atoms with van der Waals surface area (Å²) in [4.78, 5) is 11.5. The molecule has 0 aliphatic heterocycles. The second kappa shape index (κ2) is 6.62. The summed E-state index contributed by atoms with van der Waals surface area (Å²) in [7, 11) is 0. The van der Waals surface area contributed by atoms with Crippen LogP contribution in [0.15, 0.2) is 12.7 Å². The predicted octanol–water partition coefficient (Wildman–Crippen LogP) is 1.83. The SMILES string of the molecule is C=CCCC(=O)NC(C)(CN)CC(C)C. The van der Waals surface area contributed by atoms with Crippen LogP contribution in [-0.2, 0) is 4.79 Å². The molecule has 0 fully saturated rings. The molecule has 0 rings (SSSR count). The summed E-state index contributed by atoms with van der Waals surface area (Å²) < 4.78 is 0. The van der Waals surface area contributed by atoms with Gasteiger partial charge in [0.2, 0.25) is 5.91 Å². The van der Waals surface area contributed by atoms with E-state index in [0.717, 1.165) is 6.42 Å². The number of rotatable bonds is 7. The molecule has 0 bridgehead atoms. The van der Waals surface area contributed by atoms with E-state index >= 15 is 0 Å². The number of nitrogens with two attached hydrogens (primary N) is 1. The fourth-order valence-electron chi connectivity index (χ4n) is 1.72. The van der Waals surface area contributed by atoms with Gasteiger partial charge in [0.05, 0.1) is 0 Å². The Bertz CT molecular complexity index is 214. The van der Waals surface area contributed by atoms with Crippen LogP contribution in [0.1, 0.15) is 40.0 Å². The van der Waals surface area contributed by atoms with Crippen LogP contribution < -0.4 is 11.1 Å². The number of carbonyl (C=O) groups excluding carboxylic acids is 1. The van der Waals surface area contributed by atoms with E-state index in [9.17, 15) is 4.79 Å². The van der Waals surface area contributed by atoms with E-state index in [-0.39, 0.29) is 11.4 Å². The van der Waals surface area contributed by atoms with Crippen molar-refractivity contribution in [2.45, 2.75) is 45.6 Å². The number of nitrogens with one attached hydrogen (secondary N) is 1. The van der Waals surface area contributed by atoms with E-state index < -0.39 is 0 Å². The molecule has 0 saturated heterocycles. The minimum atomic E-state index is -0.271. The first-order valence-electron chi connectivity index (χ1n) is 5.55. The number of hydrogen-bond acceptors (Lipinski definition) is 2. The zero-order chi connectivity index (χ0) is 11.9. The molecule has 0 aromatic carbocycles. The molecule has 0 heterocycles. The second-order valence-electron chi connectivity index (χ2n) is 4.74. The monoisotopic (exact) mass is 212 g/mol. The van der Waals surface area contributed by atoms with Gasteiger partial charge in [-0.15, -0.1) is 6.58 Å². The summed E-state index contributed by atoms with van der Waals surface area (Å²) in [5.74, 6) is 0.585. The van der Waals surface area contributed by atoms with Gasteiger partial charge in [-0.2, -0.15) is 0 Å². The molecule has 0 aliphatic rings. The summed E-state index contributed by atoms with van der Waals surface area (Å²) in [6.45, 7) is 10.3. The van der Waals surface area contributed by atoms with Crippen LogP contribution in [0.3, 0.4) is 0 Å². The van der Waals surface area contributed by atoms with Crippen LogP contribution in [0.5, 0.6) is 0 Å². The fourth-order valence-corrected chi connectivity index (χ4v) is 1.72. The van der Waals surface area contributed by atoms with E-state index in [2.05, 4.69) is 25.7 Å². The molecule has 88 valence electrons. The van der Waals surface area contributed by atoms with Crippen molar-refractivity contribution in [3.63, 3.8) is 0 Å². The van der Waals surface area contributed by atoms with E-state index in [1.807, 2.05) is 6.92 Å². The van der Waals surface area contributed by atoms with Gasteiger partial charge in [0.25, 0.3) is 0 Å². The molecule has 0 saturated carbocycles. The van der Waals surface area contributed by atoms with Crippen molar-refractivity contribution in [3.8, 4) is 0 Å². The van der Waals surface area contributed by atoms with E-state index in [0.29, 0.717) is 25.3 Å². The van der Waals surface area contributed by atoms with Gasteiger partial charge in [0.15, 0.2) is 0 Å². The third-order valence-corrected chi connectivity index (χ3v) is 2.33. The van der Waals surface area contributed by atoms with Gasteiger partial charge in [-0.1, -0.05) is 19.9 Å². The average Bonchev–Trinajstić information content (AvgIpc) is 2.13. The molecule has 3 heteroatoms. The quantitative estimate of drug-likeness (QED) is 0.633. The Morgan fingerprint density at radius 3 is 2.60 bits per heavy atom. The van der Waals surface area contributed by atoms with Gasteiger partial charge >= 0.3 is 0 Å². The van der Waals surface area contributed by atoms with Crippen LogP contribution in [0.4, 0.5) is 0 Å². The molecular weight excluding hydrogens is 188 g/mol. The highest BCUT2D eigenvalue weighted by Crippen LogP contribution is 2.15. The van der Waals surface area contributed by atoms with Crippen LogP contribution >= 0.6 is 0 Å². The van der Waals surface area contributed by atoms with Crippen molar-refractivity contribution in [2.75, 3.05) is 6.54 Å². The molecule has 1 unspecified atom stereocenters. The summed E-state index contributed by atoms with van der Waals surface area (Å²) in [6.07, 6.45) is 3.87. The highest BCUT2D eigenvalue weighted by Gasteiger charge is 2.25.